The number of hydrogen-bond acceptors (Lipinski definition) is 7. The summed E-state index contributed by atoms with van der Waals surface area (Å²) in [4.78, 5) is 41.0. The van der Waals surface area contributed by atoms with Crippen molar-refractivity contribution in [3.8, 4) is 0 Å². The van der Waals surface area contributed by atoms with Crippen LogP contribution in [0.4, 0.5) is 0 Å². The van der Waals surface area contributed by atoms with Crippen molar-refractivity contribution in [2.45, 2.75) is 12.9 Å². The number of carboxylic acid groups (broad SMARTS) is 1. The summed E-state index contributed by atoms with van der Waals surface area (Å²) in [6.07, 6.45) is 0. The molecule has 8 heteroatoms. The van der Waals surface area contributed by atoms with Gasteiger partial charge in [-0.15, -0.1) is 0 Å². The van der Waals surface area contributed by atoms with E-state index in [2.05, 4.69) is 19.6 Å². The fourth-order valence-electron chi connectivity index (χ4n) is 1.42. The van der Waals surface area contributed by atoms with Crippen LogP contribution in [0.3, 0.4) is 0 Å². The number of carboxylic acids is 1. The Bertz CT molecular complexity index is 478. The normalized spacial score (nSPS) is 11.2. The largest absolute Gasteiger partial charge is 0.478 e. The molecule has 1 rings (SSSR count). The molecular weight excluding hydrogens is 272 g/mol. The van der Waals surface area contributed by atoms with Gasteiger partial charge >= 0.3 is 17.9 Å². The topological polar surface area (TPSA) is 101 Å². The minimum atomic E-state index is -1.98. The van der Waals surface area contributed by atoms with E-state index in [-0.39, 0.29) is 11.1 Å². The van der Waals surface area contributed by atoms with Crippen molar-refractivity contribution in [1.29, 1.82) is 0 Å². The Morgan fingerprint density at radius 2 is 1.55 bits per heavy atom. The first kappa shape index (κ1) is 16.1. The first-order valence-corrected chi connectivity index (χ1v) is 5.43. The van der Waals surface area contributed by atoms with Crippen LogP contribution < -0.4 is 0 Å². The summed E-state index contributed by atoms with van der Waals surface area (Å²) in [7, 11) is 2.35. The number of hydrogen-bond donors (Lipinski definition) is 1. The second-order valence-electron chi connectivity index (χ2n) is 3.60. The van der Waals surface area contributed by atoms with Crippen LogP contribution in [0, 0.1) is 0 Å². The highest BCUT2D eigenvalue weighted by atomic mass is 17.3. The standard InChI is InChI=1S/C12H14O8/c1-12(19-16-2,20-17-3)18-11(15)9-7-5-4-6-8(9)10(13)14/h4-7H,1-3H3,(H,13,14). The molecule has 0 aliphatic rings. The summed E-state index contributed by atoms with van der Waals surface area (Å²) < 4.78 is 4.90. The van der Waals surface area contributed by atoms with Crippen molar-refractivity contribution in [2.75, 3.05) is 14.2 Å². The Hall–Kier alpha value is -2.00. The van der Waals surface area contributed by atoms with E-state index in [9.17, 15) is 9.59 Å². The van der Waals surface area contributed by atoms with Gasteiger partial charge in [-0.3, -0.25) is 0 Å². The van der Waals surface area contributed by atoms with E-state index in [4.69, 9.17) is 9.84 Å². The Labute approximate surface area is 114 Å². The van der Waals surface area contributed by atoms with Crippen molar-refractivity contribution in [3.63, 3.8) is 0 Å². The van der Waals surface area contributed by atoms with Crippen molar-refractivity contribution in [2.24, 2.45) is 0 Å². The van der Waals surface area contributed by atoms with Gasteiger partial charge in [0.25, 0.3) is 0 Å². The molecule has 0 fully saturated rings. The van der Waals surface area contributed by atoms with Crippen LogP contribution in [0.2, 0.25) is 0 Å². The molecule has 0 saturated heterocycles. The molecule has 1 aromatic carbocycles. The maximum absolute atomic E-state index is 12.0. The van der Waals surface area contributed by atoms with Gasteiger partial charge in [0.15, 0.2) is 0 Å². The van der Waals surface area contributed by atoms with Crippen molar-refractivity contribution in [1.82, 2.24) is 0 Å². The van der Waals surface area contributed by atoms with Gasteiger partial charge in [-0.05, 0) is 12.1 Å². The Morgan fingerprint density at radius 1 is 1.05 bits per heavy atom. The van der Waals surface area contributed by atoms with E-state index < -0.39 is 17.9 Å². The molecule has 0 aliphatic heterocycles. The van der Waals surface area contributed by atoms with Gasteiger partial charge in [-0.1, -0.05) is 12.1 Å². The zero-order valence-corrected chi connectivity index (χ0v) is 11.1. The predicted octanol–water partition coefficient (Wildman–Crippen LogP) is 1.37. The first-order chi connectivity index (χ1) is 9.43. The van der Waals surface area contributed by atoms with Gasteiger partial charge < -0.3 is 9.84 Å². The van der Waals surface area contributed by atoms with Gasteiger partial charge in [-0.25, -0.2) is 19.4 Å². The maximum Gasteiger partial charge on any atom is 0.380 e. The molecule has 20 heavy (non-hydrogen) atoms. The van der Waals surface area contributed by atoms with Gasteiger partial charge in [0.05, 0.1) is 25.3 Å². The molecule has 1 N–H and O–H groups in total. The quantitative estimate of drug-likeness (QED) is 0.347. The van der Waals surface area contributed by atoms with Crippen molar-refractivity contribution >= 4 is 11.9 Å². The lowest BCUT2D eigenvalue weighted by Gasteiger charge is -2.24. The summed E-state index contributed by atoms with van der Waals surface area (Å²) in [6, 6.07) is 5.54. The molecule has 0 unspecified atom stereocenters. The molecule has 0 spiro atoms. The van der Waals surface area contributed by atoms with Crippen molar-refractivity contribution < 1.29 is 39.0 Å². The first-order valence-electron chi connectivity index (χ1n) is 5.43. The molecule has 0 atom stereocenters. The minimum Gasteiger partial charge on any atom is -0.478 e. The highest BCUT2D eigenvalue weighted by Crippen LogP contribution is 2.19. The monoisotopic (exact) mass is 286 g/mol. The van der Waals surface area contributed by atoms with E-state index in [1.165, 1.54) is 45.4 Å². The van der Waals surface area contributed by atoms with E-state index in [0.717, 1.165) is 0 Å². The molecule has 8 nitrogen and oxygen atoms in total. The van der Waals surface area contributed by atoms with Crippen LogP contribution in [0.5, 0.6) is 0 Å². The second-order valence-corrected chi connectivity index (χ2v) is 3.60. The number of benzene rings is 1. The minimum absolute atomic E-state index is 0.161. The molecule has 0 saturated carbocycles. The van der Waals surface area contributed by atoms with Gasteiger partial charge in [0.1, 0.15) is 0 Å². The third-order valence-electron chi connectivity index (χ3n) is 2.12. The van der Waals surface area contributed by atoms with E-state index in [1.54, 1.807) is 0 Å². The van der Waals surface area contributed by atoms with E-state index in [0.29, 0.717) is 0 Å². The van der Waals surface area contributed by atoms with E-state index in [1.807, 2.05) is 0 Å². The maximum atomic E-state index is 12.0. The lowest BCUT2D eigenvalue weighted by molar-refractivity contribution is -0.551. The van der Waals surface area contributed by atoms with Gasteiger partial charge in [-0.2, -0.15) is 9.78 Å². The summed E-state index contributed by atoms with van der Waals surface area (Å²) >= 11 is 0. The zero-order chi connectivity index (χ0) is 15.2. The summed E-state index contributed by atoms with van der Waals surface area (Å²) in [5, 5.41) is 9.00. The predicted molar refractivity (Wildman–Crippen MR) is 63.4 cm³/mol. The molecule has 0 aromatic heterocycles. The third kappa shape index (κ3) is 4.00. The molecule has 0 heterocycles. The van der Waals surface area contributed by atoms with Crippen LogP contribution in [0.1, 0.15) is 27.6 Å². The fraction of sp³-hybridized carbons (Fsp3) is 0.333. The molecule has 110 valence electrons. The Kier molecular flexibility index (Phi) is 5.59. The number of carbonyl (C=O) groups excluding carboxylic acids is 1. The smallest absolute Gasteiger partial charge is 0.380 e. The van der Waals surface area contributed by atoms with Gasteiger partial charge in [0, 0.05) is 6.92 Å². The summed E-state index contributed by atoms with van der Waals surface area (Å²) in [6.45, 7) is 1.21. The average Bonchev–Trinajstić information content (AvgIpc) is 2.38. The van der Waals surface area contributed by atoms with Crippen LogP contribution in [0.25, 0.3) is 0 Å². The molecule has 0 bridgehead atoms. The number of esters is 1. The van der Waals surface area contributed by atoms with Crippen LogP contribution in [-0.2, 0) is 24.3 Å². The molecule has 1 aromatic rings. The Balaban J connectivity index is 2.98. The third-order valence-corrected chi connectivity index (χ3v) is 2.12. The molecule has 0 radical (unpaired) electrons. The van der Waals surface area contributed by atoms with Crippen LogP contribution in [-0.4, -0.2) is 37.2 Å². The van der Waals surface area contributed by atoms with Gasteiger partial charge in [0.2, 0.25) is 0 Å². The Morgan fingerprint density at radius 3 is 2.00 bits per heavy atom. The summed E-state index contributed by atoms with van der Waals surface area (Å²) in [5.41, 5.74) is -0.375. The second kappa shape index (κ2) is 6.96. The number of ether oxygens (including phenoxy) is 1. The van der Waals surface area contributed by atoms with Crippen LogP contribution in [0.15, 0.2) is 24.3 Å². The summed E-state index contributed by atoms with van der Waals surface area (Å²) in [5.74, 6) is -4.22. The van der Waals surface area contributed by atoms with Crippen LogP contribution >= 0.6 is 0 Å². The number of carbonyl (C=O) groups is 2. The highest BCUT2D eigenvalue weighted by Gasteiger charge is 2.35. The van der Waals surface area contributed by atoms with E-state index >= 15 is 0 Å². The number of aromatic carboxylic acids is 1. The highest BCUT2D eigenvalue weighted by molar-refractivity contribution is 6.02. The van der Waals surface area contributed by atoms with Crippen molar-refractivity contribution in [3.05, 3.63) is 35.4 Å². The average molecular weight is 286 g/mol. The number of rotatable bonds is 7. The fourth-order valence-corrected chi connectivity index (χ4v) is 1.42. The zero-order valence-electron chi connectivity index (χ0n) is 11.1. The lowest BCUT2D eigenvalue weighted by Crippen LogP contribution is -2.38. The molecule has 0 aliphatic carbocycles. The lowest BCUT2D eigenvalue weighted by atomic mass is 10.1. The molecular formula is C12H14O8. The SMILES string of the molecule is COOC(C)(OOC)OC(=O)c1ccccc1C(=O)O. The molecule has 0 amide bonds.